The maximum Gasteiger partial charge on any atom is 0.274 e. The molecule has 134 valence electrons. The topological polar surface area (TPSA) is 78.4 Å². The molecule has 1 fully saturated rings. The molecule has 0 aromatic heterocycles. The van der Waals surface area contributed by atoms with Crippen LogP contribution in [0.15, 0.2) is 54.6 Å². The number of benzene rings is 2. The Morgan fingerprint density at radius 1 is 1.04 bits per heavy atom. The Morgan fingerprint density at radius 3 is 2.23 bits per heavy atom. The molecule has 2 amide bonds. The molecule has 3 N–H and O–H groups in total. The van der Waals surface area contributed by atoms with Crippen molar-refractivity contribution >= 4 is 17.4 Å². The summed E-state index contributed by atoms with van der Waals surface area (Å²) in [5.41, 5.74) is 3.94. The van der Waals surface area contributed by atoms with Gasteiger partial charge in [0.1, 0.15) is 5.82 Å². The summed E-state index contributed by atoms with van der Waals surface area (Å²) < 4.78 is 13.1. The van der Waals surface area contributed by atoms with Crippen LogP contribution in [0.25, 0.3) is 5.57 Å². The summed E-state index contributed by atoms with van der Waals surface area (Å²) >= 11 is 0. The van der Waals surface area contributed by atoms with Crippen molar-refractivity contribution in [2.75, 3.05) is 0 Å². The lowest BCUT2D eigenvalue weighted by Crippen LogP contribution is -2.24. The minimum Gasteiger partial charge on any atom is -0.348 e. The summed E-state index contributed by atoms with van der Waals surface area (Å²) in [5, 5.41) is 11.5. The predicted octanol–water partition coefficient (Wildman–Crippen LogP) is 3.05. The molecule has 0 unspecified atom stereocenters. The number of hydroxylamine groups is 1. The van der Waals surface area contributed by atoms with Crippen molar-refractivity contribution < 1.29 is 19.2 Å². The fourth-order valence-corrected chi connectivity index (χ4v) is 2.55. The van der Waals surface area contributed by atoms with Crippen LogP contribution in [0.5, 0.6) is 0 Å². The number of rotatable bonds is 6. The number of nitrogens with one attached hydrogen (secondary N) is 2. The molecular weight excluding hydrogens is 335 g/mol. The van der Waals surface area contributed by atoms with Gasteiger partial charge in [-0.15, -0.1) is 0 Å². The number of halogens is 1. The van der Waals surface area contributed by atoms with Crippen LogP contribution in [0.3, 0.4) is 0 Å². The van der Waals surface area contributed by atoms with Crippen LogP contribution in [-0.4, -0.2) is 17.0 Å². The van der Waals surface area contributed by atoms with E-state index in [1.807, 2.05) is 6.08 Å². The summed E-state index contributed by atoms with van der Waals surface area (Å²) in [6.07, 6.45) is 4.07. The molecule has 0 aliphatic heterocycles. The van der Waals surface area contributed by atoms with Gasteiger partial charge in [-0.25, -0.2) is 9.87 Å². The van der Waals surface area contributed by atoms with Crippen LogP contribution in [-0.2, 0) is 11.3 Å². The molecule has 0 bridgehead atoms. The highest BCUT2D eigenvalue weighted by atomic mass is 19.1. The quantitative estimate of drug-likeness (QED) is 0.424. The van der Waals surface area contributed by atoms with Gasteiger partial charge in [-0.2, -0.15) is 0 Å². The Bertz CT molecular complexity index is 825. The fourth-order valence-electron chi connectivity index (χ4n) is 2.55. The van der Waals surface area contributed by atoms with E-state index in [1.165, 1.54) is 12.1 Å². The predicted molar refractivity (Wildman–Crippen MR) is 94.6 cm³/mol. The van der Waals surface area contributed by atoms with Crippen molar-refractivity contribution in [3.8, 4) is 0 Å². The van der Waals surface area contributed by atoms with Crippen molar-refractivity contribution in [3.63, 3.8) is 0 Å². The molecule has 1 aliphatic carbocycles. The largest absolute Gasteiger partial charge is 0.348 e. The Balaban J connectivity index is 1.68. The first-order valence-electron chi connectivity index (χ1n) is 8.36. The summed E-state index contributed by atoms with van der Waals surface area (Å²) in [6.45, 7) is 0.295. The number of hydrogen-bond donors (Lipinski definition) is 3. The second-order valence-electron chi connectivity index (χ2n) is 6.25. The lowest BCUT2D eigenvalue weighted by Gasteiger charge is -2.10. The second kappa shape index (κ2) is 7.93. The highest BCUT2D eigenvalue weighted by Crippen LogP contribution is 2.33. The highest BCUT2D eigenvalue weighted by Gasteiger charge is 2.22. The van der Waals surface area contributed by atoms with Gasteiger partial charge in [0.05, 0.1) is 0 Å². The van der Waals surface area contributed by atoms with E-state index >= 15 is 0 Å². The lowest BCUT2D eigenvalue weighted by molar-refractivity contribution is -0.115. The van der Waals surface area contributed by atoms with E-state index < -0.39 is 5.91 Å². The first kappa shape index (κ1) is 17.8. The van der Waals surface area contributed by atoms with Gasteiger partial charge in [0, 0.05) is 17.7 Å². The molecule has 1 saturated carbocycles. The minimum atomic E-state index is -0.591. The van der Waals surface area contributed by atoms with E-state index in [2.05, 4.69) is 5.32 Å². The minimum absolute atomic E-state index is 0.222. The molecule has 0 spiro atoms. The van der Waals surface area contributed by atoms with E-state index in [4.69, 9.17) is 5.21 Å². The summed E-state index contributed by atoms with van der Waals surface area (Å²) in [7, 11) is 0. The van der Waals surface area contributed by atoms with Crippen LogP contribution >= 0.6 is 0 Å². The van der Waals surface area contributed by atoms with Crippen molar-refractivity contribution in [2.45, 2.75) is 19.4 Å². The number of carbonyl (C=O) groups is 2. The summed E-state index contributed by atoms with van der Waals surface area (Å²) in [6, 6.07) is 12.4. The van der Waals surface area contributed by atoms with E-state index in [1.54, 1.807) is 41.9 Å². The zero-order valence-electron chi connectivity index (χ0n) is 14.0. The molecule has 2 aromatic rings. The van der Waals surface area contributed by atoms with Gasteiger partial charge in [0.2, 0.25) is 0 Å². The number of amides is 2. The first-order valence-corrected chi connectivity index (χ1v) is 8.36. The van der Waals surface area contributed by atoms with Crippen LogP contribution in [0, 0.1) is 11.7 Å². The molecule has 0 saturated heterocycles. The number of carbonyl (C=O) groups excluding carboxylic acids is 2. The molecule has 0 heterocycles. The second-order valence-corrected chi connectivity index (χ2v) is 6.25. The van der Waals surface area contributed by atoms with E-state index in [9.17, 15) is 14.0 Å². The van der Waals surface area contributed by atoms with E-state index in [0.717, 1.165) is 18.4 Å². The maximum atomic E-state index is 13.1. The van der Waals surface area contributed by atoms with Gasteiger partial charge < -0.3 is 5.32 Å². The Labute approximate surface area is 150 Å². The van der Waals surface area contributed by atoms with Crippen molar-refractivity contribution in [1.29, 1.82) is 0 Å². The number of hydrogen-bond acceptors (Lipinski definition) is 3. The average molecular weight is 354 g/mol. The van der Waals surface area contributed by atoms with Crippen LogP contribution < -0.4 is 10.8 Å². The third-order valence-electron chi connectivity index (χ3n) is 4.19. The number of allylic oxidation sites excluding steroid dienone is 1. The smallest absolute Gasteiger partial charge is 0.274 e. The molecular formula is C20H19FN2O3. The molecule has 3 rings (SSSR count). The van der Waals surface area contributed by atoms with Crippen molar-refractivity contribution in [1.82, 2.24) is 10.8 Å². The SMILES string of the molecule is O=C(NCc1ccc(C(=O)NO)cc1)/C(=C/C1CC1)c1ccc(F)cc1. The Morgan fingerprint density at radius 2 is 1.65 bits per heavy atom. The summed E-state index contributed by atoms with van der Waals surface area (Å²) in [4.78, 5) is 23.9. The zero-order chi connectivity index (χ0) is 18.5. The van der Waals surface area contributed by atoms with Gasteiger partial charge in [-0.1, -0.05) is 30.3 Å². The summed E-state index contributed by atoms with van der Waals surface area (Å²) in [5.74, 6) is -0.753. The van der Waals surface area contributed by atoms with E-state index in [0.29, 0.717) is 29.2 Å². The monoisotopic (exact) mass is 354 g/mol. The third-order valence-corrected chi connectivity index (χ3v) is 4.19. The van der Waals surface area contributed by atoms with Crippen LogP contribution in [0.1, 0.15) is 34.3 Å². The fraction of sp³-hybridized carbons (Fsp3) is 0.200. The van der Waals surface area contributed by atoms with Gasteiger partial charge >= 0.3 is 0 Å². The van der Waals surface area contributed by atoms with Gasteiger partial charge in [-0.3, -0.25) is 14.8 Å². The van der Waals surface area contributed by atoms with Crippen LogP contribution in [0.4, 0.5) is 4.39 Å². The maximum absolute atomic E-state index is 13.1. The normalized spacial score (nSPS) is 14.0. The highest BCUT2D eigenvalue weighted by molar-refractivity contribution is 6.19. The van der Waals surface area contributed by atoms with Crippen molar-refractivity contribution in [3.05, 3.63) is 77.1 Å². The Kier molecular flexibility index (Phi) is 5.43. The van der Waals surface area contributed by atoms with Gasteiger partial charge in [0.15, 0.2) is 0 Å². The molecule has 1 aliphatic rings. The van der Waals surface area contributed by atoms with Crippen LogP contribution in [0.2, 0.25) is 0 Å². The molecule has 26 heavy (non-hydrogen) atoms. The zero-order valence-corrected chi connectivity index (χ0v) is 14.0. The molecule has 5 nitrogen and oxygen atoms in total. The average Bonchev–Trinajstić information content (AvgIpc) is 3.49. The molecule has 0 atom stereocenters. The standard InChI is InChI=1S/C20H19FN2O3/c21-17-9-7-15(8-10-17)18(11-13-1-2-13)20(25)22-12-14-3-5-16(6-4-14)19(24)23-26/h3-11,13,26H,1-2,12H2,(H,22,25)(H,23,24)/b18-11+. The third kappa shape index (κ3) is 4.55. The Hall–Kier alpha value is -2.99. The first-order chi connectivity index (χ1) is 12.6. The van der Waals surface area contributed by atoms with Gasteiger partial charge in [-0.05, 0) is 54.2 Å². The molecule has 6 heteroatoms. The van der Waals surface area contributed by atoms with Crippen molar-refractivity contribution in [2.24, 2.45) is 5.92 Å². The molecule has 2 aromatic carbocycles. The van der Waals surface area contributed by atoms with E-state index in [-0.39, 0.29) is 11.7 Å². The lowest BCUT2D eigenvalue weighted by atomic mass is 10.0. The molecule has 0 radical (unpaired) electrons. The van der Waals surface area contributed by atoms with Gasteiger partial charge in [0.25, 0.3) is 11.8 Å².